The van der Waals surface area contributed by atoms with E-state index in [-0.39, 0.29) is 11.9 Å². The average Bonchev–Trinajstić information content (AvgIpc) is 3.35. The number of fused-ring (bicyclic) bond motifs is 1. The van der Waals surface area contributed by atoms with Gasteiger partial charge in [-0.2, -0.15) is 5.10 Å². The van der Waals surface area contributed by atoms with E-state index in [1.165, 1.54) is 0 Å². The Morgan fingerprint density at radius 1 is 1.06 bits per heavy atom. The first-order chi connectivity index (χ1) is 15.2. The number of amides is 1. The molecule has 7 heteroatoms. The molecule has 0 bridgehead atoms. The molecule has 4 rings (SSSR count). The van der Waals surface area contributed by atoms with Crippen molar-refractivity contribution in [3.05, 3.63) is 65.4 Å². The summed E-state index contributed by atoms with van der Waals surface area (Å²) in [5, 5.41) is 7.47. The fraction of sp³-hybridized carbons (Fsp3) is 0.333. The van der Waals surface area contributed by atoms with Gasteiger partial charge in [0.2, 0.25) is 0 Å². The number of aromatic amines is 1. The fourth-order valence-corrected chi connectivity index (χ4v) is 3.93. The summed E-state index contributed by atoms with van der Waals surface area (Å²) in [5.74, 6) is 1.48. The number of ether oxygens (including phenoxy) is 3. The van der Waals surface area contributed by atoms with Gasteiger partial charge in [0.1, 0.15) is 17.2 Å². The number of benzene rings is 2. The Kier molecular flexibility index (Phi) is 6.23. The highest BCUT2D eigenvalue weighted by molar-refractivity contribution is 6.00. The number of hydrogen-bond donors (Lipinski definition) is 1. The summed E-state index contributed by atoms with van der Waals surface area (Å²) >= 11 is 0. The van der Waals surface area contributed by atoms with Crippen LogP contribution in [0.5, 0.6) is 11.5 Å². The van der Waals surface area contributed by atoms with Crippen LogP contribution in [0.25, 0.3) is 11.3 Å². The number of carbonyl (C=O) groups is 1. The molecule has 1 amide bonds. The first-order valence-electron chi connectivity index (χ1n) is 10.4. The normalized spacial score (nSPS) is 15.3. The highest BCUT2D eigenvalue weighted by Crippen LogP contribution is 2.43. The topological polar surface area (TPSA) is 76.7 Å². The van der Waals surface area contributed by atoms with Gasteiger partial charge in [0.25, 0.3) is 5.91 Å². The van der Waals surface area contributed by atoms with Gasteiger partial charge in [-0.05, 0) is 48.4 Å². The van der Waals surface area contributed by atoms with Gasteiger partial charge >= 0.3 is 0 Å². The van der Waals surface area contributed by atoms with Crippen molar-refractivity contribution in [1.82, 2.24) is 15.1 Å². The average molecular weight is 421 g/mol. The van der Waals surface area contributed by atoms with Crippen LogP contribution in [-0.4, -0.2) is 55.0 Å². The minimum Gasteiger partial charge on any atom is -0.497 e. The first kappa shape index (κ1) is 20.9. The van der Waals surface area contributed by atoms with Crippen molar-refractivity contribution < 1.29 is 19.0 Å². The van der Waals surface area contributed by atoms with Crippen LogP contribution in [-0.2, 0) is 4.74 Å². The molecule has 1 unspecified atom stereocenters. The lowest BCUT2D eigenvalue weighted by Gasteiger charge is -2.26. The van der Waals surface area contributed by atoms with E-state index < -0.39 is 0 Å². The van der Waals surface area contributed by atoms with Crippen LogP contribution in [0.4, 0.5) is 0 Å². The number of nitrogens with one attached hydrogen (secondary N) is 1. The molecule has 0 fully saturated rings. The van der Waals surface area contributed by atoms with E-state index in [9.17, 15) is 4.79 Å². The second-order valence-electron chi connectivity index (χ2n) is 7.40. The van der Waals surface area contributed by atoms with Crippen molar-refractivity contribution in [2.75, 3.05) is 34.0 Å². The maximum Gasteiger partial charge on any atom is 0.273 e. The van der Waals surface area contributed by atoms with Gasteiger partial charge in [-0.25, -0.2) is 0 Å². The fourth-order valence-electron chi connectivity index (χ4n) is 3.93. The Balaban J connectivity index is 1.79. The Bertz CT molecular complexity index is 1050. The molecular weight excluding hydrogens is 394 g/mol. The summed E-state index contributed by atoms with van der Waals surface area (Å²) in [5.41, 5.74) is 4.05. The number of rotatable bonds is 9. The van der Waals surface area contributed by atoms with Crippen LogP contribution in [0.3, 0.4) is 0 Å². The Labute approximate surface area is 181 Å². The quantitative estimate of drug-likeness (QED) is 0.564. The molecule has 1 aliphatic rings. The van der Waals surface area contributed by atoms with E-state index in [0.717, 1.165) is 40.3 Å². The molecule has 1 aliphatic heterocycles. The summed E-state index contributed by atoms with van der Waals surface area (Å²) in [6, 6.07) is 15.3. The summed E-state index contributed by atoms with van der Waals surface area (Å²) < 4.78 is 16.4. The minimum absolute atomic E-state index is 0.0795. The lowest BCUT2D eigenvalue weighted by molar-refractivity contribution is 0.0677. The summed E-state index contributed by atoms with van der Waals surface area (Å²) in [7, 11) is 3.27. The zero-order chi connectivity index (χ0) is 21.8. The van der Waals surface area contributed by atoms with Crippen LogP contribution in [0.1, 0.15) is 41.0 Å². The maximum absolute atomic E-state index is 13.2. The largest absolute Gasteiger partial charge is 0.497 e. The summed E-state index contributed by atoms with van der Waals surface area (Å²) in [6.07, 6.45) is 0.930. The zero-order valence-corrected chi connectivity index (χ0v) is 18.1. The van der Waals surface area contributed by atoms with Crippen LogP contribution < -0.4 is 9.47 Å². The molecule has 7 nitrogen and oxygen atoms in total. The van der Waals surface area contributed by atoms with Gasteiger partial charge in [-0.3, -0.25) is 9.89 Å². The van der Waals surface area contributed by atoms with E-state index in [1.807, 2.05) is 53.4 Å². The van der Waals surface area contributed by atoms with Crippen molar-refractivity contribution in [2.24, 2.45) is 0 Å². The number of aromatic nitrogens is 2. The standard InChI is InChI=1S/C24H27N3O4/c1-4-13-31-19-7-5-6-17(15-19)23-20-21(16-8-10-18(30-3)11-9-16)25-26-22(20)24(28)27(23)12-14-29-2/h5-11,15,23H,4,12-14H2,1-3H3,(H,25,26). The monoisotopic (exact) mass is 421 g/mol. The second-order valence-corrected chi connectivity index (χ2v) is 7.40. The van der Waals surface area contributed by atoms with Crippen LogP contribution in [0.15, 0.2) is 48.5 Å². The Hall–Kier alpha value is -3.32. The minimum atomic E-state index is -0.279. The van der Waals surface area contributed by atoms with E-state index in [0.29, 0.717) is 25.5 Å². The SMILES string of the molecule is CCCOc1cccc(C2c3c(-c4ccc(OC)cc4)n[nH]c3C(=O)N2CCOC)c1. The van der Waals surface area contributed by atoms with Crippen LogP contribution in [0.2, 0.25) is 0 Å². The third kappa shape index (κ3) is 4.01. The molecule has 1 atom stereocenters. The third-order valence-electron chi connectivity index (χ3n) is 5.41. The van der Waals surface area contributed by atoms with Gasteiger partial charge in [0, 0.05) is 24.8 Å². The molecule has 0 spiro atoms. The molecule has 1 N–H and O–H groups in total. The summed E-state index contributed by atoms with van der Waals surface area (Å²) in [4.78, 5) is 15.1. The van der Waals surface area contributed by atoms with Gasteiger partial charge in [-0.15, -0.1) is 0 Å². The lowest BCUT2D eigenvalue weighted by atomic mass is 9.96. The van der Waals surface area contributed by atoms with Gasteiger partial charge in [0.15, 0.2) is 0 Å². The lowest BCUT2D eigenvalue weighted by Crippen LogP contribution is -2.32. The molecule has 0 aliphatic carbocycles. The molecule has 0 radical (unpaired) electrons. The van der Waals surface area contributed by atoms with Crippen molar-refractivity contribution in [3.63, 3.8) is 0 Å². The van der Waals surface area contributed by atoms with E-state index in [4.69, 9.17) is 14.2 Å². The number of methoxy groups -OCH3 is 2. The maximum atomic E-state index is 13.2. The van der Waals surface area contributed by atoms with Crippen molar-refractivity contribution in [3.8, 4) is 22.8 Å². The van der Waals surface area contributed by atoms with Crippen molar-refractivity contribution in [2.45, 2.75) is 19.4 Å². The number of carbonyl (C=O) groups excluding carboxylic acids is 1. The molecule has 1 aromatic heterocycles. The summed E-state index contributed by atoms with van der Waals surface area (Å²) in [6.45, 7) is 3.65. The number of H-pyrrole nitrogens is 1. The molecule has 0 saturated heterocycles. The number of nitrogens with zero attached hydrogens (tertiary/aromatic N) is 2. The molecule has 162 valence electrons. The van der Waals surface area contributed by atoms with Crippen molar-refractivity contribution >= 4 is 5.91 Å². The van der Waals surface area contributed by atoms with E-state index >= 15 is 0 Å². The second kappa shape index (κ2) is 9.22. The van der Waals surface area contributed by atoms with Gasteiger partial charge in [0.05, 0.1) is 32.1 Å². The zero-order valence-electron chi connectivity index (χ0n) is 18.1. The highest BCUT2D eigenvalue weighted by Gasteiger charge is 2.42. The predicted octanol–water partition coefficient (Wildman–Crippen LogP) is 4.07. The Morgan fingerprint density at radius 2 is 1.87 bits per heavy atom. The predicted molar refractivity (Wildman–Crippen MR) is 118 cm³/mol. The smallest absolute Gasteiger partial charge is 0.273 e. The molecule has 2 aromatic carbocycles. The molecular formula is C24H27N3O4. The third-order valence-corrected chi connectivity index (χ3v) is 5.41. The van der Waals surface area contributed by atoms with E-state index in [1.54, 1.807) is 14.2 Å². The highest BCUT2D eigenvalue weighted by atomic mass is 16.5. The molecule has 2 heterocycles. The van der Waals surface area contributed by atoms with Gasteiger partial charge < -0.3 is 19.1 Å². The number of hydrogen-bond acceptors (Lipinski definition) is 5. The molecule has 31 heavy (non-hydrogen) atoms. The van der Waals surface area contributed by atoms with Crippen LogP contribution in [0, 0.1) is 0 Å². The van der Waals surface area contributed by atoms with E-state index in [2.05, 4.69) is 17.1 Å². The first-order valence-corrected chi connectivity index (χ1v) is 10.4. The van der Waals surface area contributed by atoms with Crippen molar-refractivity contribution in [1.29, 1.82) is 0 Å². The Morgan fingerprint density at radius 3 is 2.58 bits per heavy atom. The molecule has 0 saturated carbocycles. The molecule has 3 aromatic rings. The van der Waals surface area contributed by atoms with Crippen LogP contribution >= 0.6 is 0 Å². The van der Waals surface area contributed by atoms with Gasteiger partial charge in [-0.1, -0.05) is 19.1 Å².